The molecular weight excluding hydrogens is 224 g/mol. The molecule has 0 aliphatic carbocycles. The van der Waals surface area contributed by atoms with E-state index in [0.717, 1.165) is 18.4 Å². The van der Waals surface area contributed by atoms with Gasteiger partial charge in [-0.05, 0) is 31.4 Å². The Balaban J connectivity index is 2.25. The average Bonchev–Trinajstić information content (AvgIpc) is 2.28. The second kappa shape index (κ2) is 5.41. The molecule has 2 nitrogen and oxygen atoms in total. The third-order valence-electron chi connectivity index (χ3n) is 3.72. The lowest BCUT2D eigenvalue weighted by Gasteiger charge is -2.39. The van der Waals surface area contributed by atoms with Crippen LogP contribution in [0.1, 0.15) is 51.2 Å². The molecule has 0 bridgehead atoms. The molecule has 0 amide bonds. The third-order valence-corrected chi connectivity index (χ3v) is 3.72. The minimum atomic E-state index is -0.721. The standard InChI is InChI=1S/C16H24O2/c1-4-6-14-7-5-8-15(9-14)16(17)10-12(2)18-13(3)11-16/h5,7-9,12-13,17H,4,6,10-11H2,1-3H3. The molecule has 2 rings (SSSR count). The van der Waals surface area contributed by atoms with Crippen molar-refractivity contribution in [2.24, 2.45) is 0 Å². The fourth-order valence-electron chi connectivity index (χ4n) is 3.07. The third kappa shape index (κ3) is 2.93. The fourth-order valence-corrected chi connectivity index (χ4v) is 3.07. The first kappa shape index (κ1) is 13.6. The molecule has 1 heterocycles. The number of aryl methyl sites for hydroxylation is 1. The summed E-state index contributed by atoms with van der Waals surface area (Å²) in [6.45, 7) is 6.26. The first-order valence-corrected chi connectivity index (χ1v) is 7.01. The monoisotopic (exact) mass is 248 g/mol. The van der Waals surface area contributed by atoms with Crippen molar-refractivity contribution < 1.29 is 9.84 Å². The molecule has 0 saturated carbocycles. The predicted molar refractivity (Wildman–Crippen MR) is 73.6 cm³/mol. The van der Waals surface area contributed by atoms with E-state index in [9.17, 15) is 5.11 Å². The van der Waals surface area contributed by atoms with E-state index in [0.29, 0.717) is 12.8 Å². The van der Waals surface area contributed by atoms with E-state index in [-0.39, 0.29) is 12.2 Å². The van der Waals surface area contributed by atoms with Crippen LogP contribution in [0, 0.1) is 0 Å². The zero-order valence-electron chi connectivity index (χ0n) is 11.6. The van der Waals surface area contributed by atoms with Crippen molar-refractivity contribution in [3.63, 3.8) is 0 Å². The van der Waals surface area contributed by atoms with Crippen LogP contribution in [0.25, 0.3) is 0 Å². The van der Waals surface area contributed by atoms with Crippen molar-refractivity contribution >= 4 is 0 Å². The second-order valence-electron chi connectivity index (χ2n) is 5.65. The SMILES string of the molecule is CCCc1cccc(C2(O)CC(C)OC(C)C2)c1. The van der Waals surface area contributed by atoms with Crippen LogP contribution < -0.4 is 0 Å². The highest BCUT2D eigenvalue weighted by atomic mass is 16.5. The van der Waals surface area contributed by atoms with Crippen molar-refractivity contribution in [2.45, 2.75) is 64.3 Å². The van der Waals surface area contributed by atoms with E-state index in [1.165, 1.54) is 5.56 Å². The molecule has 0 radical (unpaired) electrons. The van der Waals surface area contributed by atoms with Crippen LogP contribution in [-0.4, -0.2) is 17.3 Å². The Hall–Kier alpha value is -0.860. The van der Waals surface area contributed by atoms with Crippen LogP contribution in [0.5, 0.6) is 0 Å². The number of hydrogen-bond donors (Lipinski definition) is 1. The van der Waals surface area contributed by atoms with Crippen molar-refractivity contribution in [3.8, 4) is 0 Å². The zero-order chi connectivity index (χ0) is 13.2. The highest BCUT2D eigenvalue weighted by molar-refractivity contribution is 5.29. The van der Waals surface area contributed by atoms with Crippen LogP contribution in [0.2, 0.25) is 0 Å². The summed E-state index contributed by atoms with van der Waals surface area (Å²) < 4.78 is 5.72. The Morgan fingerprint density at radius 3 is 2.56 bits per heavy atom. The van der Waals surface area contributed by atoms with Gasteiger partial charge >= 0.3 is 0 Å². The molecule has 1 aromatic rings. The van der Waals surface area contributed by atoms with Gasteiger partial charge in [0.2, 0.25) is 0 Å². The van der Waals surface area contributed by atoms with Gasteiger partial charge in [-0.1, -0.05) is 37.6 Å². The molecule has 1 aliphatic rings. The summed E-state index contributed by atoms with van der Waals surface area (Å²) >= 11 is 0. The maximum atomic E-state index is 10.9. The van der Waals surface area contributed by atoms with Crippen LogP contribution in [0.4, 0.5) is 0 Å². The molecule has 2 atom stereocenters. The van der Waals surface area contributed by atoms with E-state index >= 15 is 0 Å². The summed E-state index contributed by atoms with van der Waals surface area (Å²) in [6.07, 6.45) is 3.82. The van der Waals surface area contributed by atoms with Crippen LogP contribution in [0.15, 0.2) is 24.3 Å². The minimum absolute atomic E-state index is 0.119. The molecular formula is C16H24O2. The second-order valence-corrected chi connectivity index (χ2v) is 5.65. The number of hydrogen-bond acceptors (Lipinski definition) is 2. The minimum Gasteiger partial charge on any atom is -0.385 e. The Morgan fingerprint density at radius 1 is 1.28 bits per heavy atom. The van der Waals surface area contributed by atoms with Gasteiger partial charge < -0.3 is 9.84 Å². The molecule has 0 spiro atoms. The maximum Gasteiger partial charge on any atom is 0.0945 e. The molecule has 1 aliphatic heterocycles. The topological polar surface area (TPSA) is 29.5 Å². The van der Waals surface area contributed by atoms with Gasteiger partial charge in [-0.3, -0.25) is 0 Å². The molecule has 1 N–H and O–H groups in total. The van der Waals surface area contributed by atoms with Crippen molar-refractivity contribution in [3.05, 3.63) is 35.4 Å². The summed E-state index contributed by atoms with van der Waals surface area (Å²) in [5, 5.41) is 10.9. The summed E-state index contributed by atoms with van der Waals surface area (Å²) in [5.41, 5.74) is 1.64. The lowest BCUT2D eigenvalue weighted by atomic mass is 9.81. The van der Waals surface area contributed by atoms with Crippen molar-refractivity contribution in [2.75, 3.05) is 0 Å². The largest absolute Gasteiger partial charge is 0.385 e. The van der Waals surface area contributed by atoms with Gasteiger partial charge in [-0.25, -0.2) is 0 Å². The summed E-state index contributed by atoms with van der Waals surface area (Å²) in [6, 6.07) is 8.41. The van der Waals surface area contributed by atoms with Gasteiger partial charge in [0, 0.05) is 12.8 Å². The quantitative estimate of drug-likeness (QED) is 0.888. The number of ether oxygens (including phenoxy) is 1. The molecule has 100 valence electrons. The van der Waals surface area contributed by atoms with Crippen LogP contribution in [-0.2, 0) is 16.8 Å². The molecule has 18 heavy (non-hydrogen) atoms. The first-order chi connectivity index (χ1) is 8.53. The highest BCUT2D eigenvalue weighted by Gasteiger charge is 2.38. The maximum absolute atomic E-state index is 10.9. The van der Waals surface area contributed by atoms with E-state index < -0.39 is 5.60 Å². The molecule has 1 fully saturated rings. The van der Waals surface area contributed by atoms with Gasteiger partial charge in [0.25, 0.3) is 0 Å². The van der Waals surface area contributed by atoms with Crippen LogP contribution in [0.3, 0.4) is 0 Å². The van der Waals surface area contributed by atoms with E-state index in [1.807, 2.05) is 19.9 Å². The molecule has 1 saturated heterocycles. The molecule has 2 heteroatoms. The van der Waals surface area contributed by atoms with E-state index in [2.05, 4.69) is 25.1 Å². The van der Waals surface area contributed by atoms with Crippen molar-refractivity contribution in [1.82, 2.24) is 0 Å². The summed E-state index contributed by atoms with van der Waals surface area (Å²) in [5.74, 6) is 0. The van der Waals surface area contributed by atoms with Crippen molar-refractivity contribution in [1.29, 1.82) is 0 Å². The van der Waals surface area contributed by atoms with Gasteiger partial charge in [0.1, 0.15) is 0 Å². The van der Waals surface area contributed by atoms with Gasteiger partial charge in [0.05, 0.1) is 17.8 Å². The lowest BCUT2D eigenvalue weighted by Crippen LogP contribution is -2.41. The Morgan fingerprint density at radius 2 is 1.94 bits per heavy atom. The molecule has 1 aromatic carbocycles. The Kier molecular flexibility index (Phi) is 4.08. The van der Waals surface area contributed by atoms with Gasteiger partial charge in [-0.15, -0.1) is 0 Å². The number of aliphatic hydroxyl groups is 1. The normalized spacial score (nSPS) is 32.4. The van der Waals surface area contributed by atoms with E-state index in [1.54, 1.807) is 0 Å². The number of benzene rings is 1. The summed E-state index contributed by atoms with van der Waals surface area (Å²) in [4.78, 5) is 0. The lowest BCUT2D eigenvalue weighted by molar-refractivity contribution is -0.135. The van der Waals surface area contributed by atoms with Crippen LogP contribution >= 0.6 is 0 Å². The smallest absolute Gasteiger partial charge is 0.0945 e. The highest BCUT2D eigenvalue weighted by Crippen LogP contribution is 2.37. The fraction of sp³-hybridized carbons (Fsp3) is 0.625. The molecule has 0 aromatic heterocycles. The first-order valence-electron chi connectivity index (χ1n) is 7.01. The summed E-state index contributed by atoms with van der Waals surface area (Å²) in [7, 11) is 0. The Bertz CT molecular complexity index is 390. The average molecular weight is 248 g/mol. The Labute approximate surface area is 110 Å². The molecule has 2 unspecified atom stereocenters. The van der Waals surface area contributed by atoms with Gasteiger partial charge in [-0.2, -0.15) is 0 Å². The zero-order valence-corrected chi connectivity index (χ0v) is 11.6. The number of rotatable bonds is 3. The predicted octanol–water partition coefficient (Wildman–Crippen LogP) is 3.41. The van der Waals surface area contributed by atoms with Gasteiger partial charge in [0.15, 0.2) is 0 Å². The van der Waals surface area contributed by atoms with E-state index in [4.69, 9.17) is 4.74 Å².